The molecule has 0 fully saturated rings. The Balaban J connectivity index is 0.000000100. The van der Waals surface area contributed by atoms with E-state index in [2.05, 4.69) is 525 Å². The van der Waals surface area contributed by atoms with Gasteiger partial charge in [-0.2, -0.15) is 0 Å². The molecule has 0 amide bonds. The van der Waals surface area contributed by atoms with Crippen LogP contribution in [0.4, 0.5) is 0 Å². The van der Waals surface area contributed by atoms with Crippen LogP contribution in [0.3, 0.4) is 0 Å². The molecule has 32 aromatic rings. The lowest BCUT2D eigenvalue weighted by Gasteiger charge is -2.15. The fourth-order valence-electron chi connectivity index (χ4n) is 23.9. The number of thiophene rings is 3. The van der Waals surface area contributed by atoms with Gasteiger partial charge in [0.15, 0.2) is 0 Å². The van der Waals surface area contributed by atoms with Crippen molar-refractivity contribution in [1.29, 1.82) is 0 Å². The second-order valence-corrected chi connectivity index (χ2v) is 40.7. The van der Waals surface area contributed by atoms with Crippen molar-refractivity contribution in [2.45, 2.75) is 0 Å². The van der Waals surface area contributed by atoms with Gasteiger partial charge >= 0.3 is 0 Å². The average Bonchev–Trinajstić information content (AvgIpc) is 1.53. The molecule has 0 bridgehead atoms. The minimum atomic E-state index is 1.16. The largest absolute Gasteiger partial charge is 0.309 e. The zero-order valence-corrected chi connectivity index (χ0v) is 79.7. The molecule has 0 radical (unpaired) electrons. The van der Waals surface area contributed by atoms with E-state index in [1.165, 1.54) is 275 Å². The summed E-state index contributed by atoms with van der Waals surface area (Å²) in [4.78, 5) is 0. The number of aromatic nitrogens is 6. The summed E-state index contributed by atoms with van der Waals surface area (Å²) in [5.41, 5.74) is 29.3. The first-order valence-electron chi connectivity index (χ1n) is 48.9. The second-order valence-electron chi connectivity index (χ2n) is 37.5. The first-order valence-corrected chi connectivity index (χ1v) is 51.4. The van der Waals surface area contributed by atoms with Crippen LogP contribution >= 0.6 is 34.0 Å². The summed E-state index contributed by atoms with van der Waals surface area (Å²) in [6.07, 6.45) is 0. The Morgan fingerprint density at radius 3 is 0.993 bits per heavy atom. The molecule has 23 aromatic carbocycles. The molecular weight excluding hydrogens is 1790 g/mol. The number of benzene rings is 23. The summed E-state index contributed by atoms with van der Waals surface area (Å²) in [5, 5.41) is 28.3. The third kappa shape index (κ3) is 12.4. The molecule has 143 heavy (non-hydrogen) atoms. The molecule has 0 aliphatic rings. The molecular formula is C134H82N6S3. The molecule has 6 nitrogen and oxygen atoms in total. The second kappa shape index (κ2) is 32.3. The van der Waals surface area contributed by atoms with Gasteiger partial charge in [-0.3, -0.25) is 0 Å². The maximum atomic E-state index is 2.49. The zero-order valence-electron chi connectivity index (χ0n) is 77.3. The molecule has 666 valence electrons. The van der Waals surface area contributed by atoms with Crippen LogP contribution in [0.1, 0.15) is 0 Å². The summed E-state index contributed by atoms with van der Waals surface area (Å²) >= 11 is 5.66. The van der Waals surface area contributed by atoms with Crippen molar-refractivity contribution in [1.82, 2.24) is 27.4 Å². The van der Waals surface area contributed by atoms with Crippen LogP contribution in [0, 0.1) is 0 Å². The van der Waals surface area contributed by atoms with E-state index in [0.29, 0.717) is 0 Å². The number of para-hydroxylation sites is 8. The lowest BCUT2D eigenvalue weighted by atomic mass is 9.96. The van der Waals surface area contributed by atoms with Crippen LogP contribution in [-0.4, -0.2) is 27.4 Å². The van der Waals surface area contributed by atoms with Gasteiger partial charge in [0.25, 0.3) is 0 Å². The van der Waals surface area contributed by atoms with Crippen LogP contribution in [0.25, 0.3) is 280 Å². The SMILES string of the molecule is c1ccc(-n2c3ccc4c(c5ccccc5n4-c4ccc(-c5cccc6c5sc5ccccc56)cc4)c3c3ccc4ccccc4c32)cc1.c1ccc(-n2c3ccccc3c3c4c5ccccc5n(-c5cccc(-c6cccc7c6sc6ccccc67)c5)c4ccc32)cc1.c1ccc(-n2c3ccccc3c3cc4c5ccccc5n(-c5ccc(-c6cccc7c6sc6ccccc67)c6ccccc56)c4cc32)cc1. The molecule has 9 heterocycles. The molecule has 0 saturated heterocycles. The average molecular weight is 1870 g/mol. The van der Waals surface area contributed by atoms with Gasteiger partial charge in [-0.05, 0) is 190 Å². The first kappa shape index (κ1) is 81.1. The number of nitrogens with zero attached hydrogens (tertiary/aromatic N) is 6. The number of rotatable bonds is 9. The smallest absolute Gasteiger partial charge is 0.0619 e. The van der Waals surface area contributed by atoms with E-state index >= 15 is 0 Å². The van der Waals surface area contributed by atoms with Gasteiger partial charge in [0.05, 0.1) is 71.9 Å². The van der Waals surface area contributed by atoms with E-state index < -0.39 is 0 Å². The van der Waals surface area contributed by atoms with Gasteiger partial charge in [0.2, 0.25) is 0 Å². The lowest BCUT2D eigenvalue weighted by Crippen LogP contribution is -1.97. The molecule has 9 aromatic heterocycles. The summed E-state index contributed by atoms with van der Waals surface area (Å²) in [6, 6.07) is 182. The van der Waals surface area contributed by atoms with E-state index in [-0.39, 0.29) is 0 Å². The van der Waals surface area contributed by atoms with Crippen molar-refractivity contribution in [3.63, 3.8) is 0 Å². The molecule has 0 unspecified atom stereocenters. The van der Waals surface area contributed by atoms with E-state index in [4.69, 9.17) is 0 Å². The van der Waals surface area contributed by atoms with Gasteiger partial charge in [-0.25, -0.2) is 0 Å². The summed E-state index contributed by atoms with van der Waals surface area (Å²) in [5.74, 6) is 0. The van der Waals surface area contributed by atoms with E-state index in [9.17, 15) is 0 Å². The molecule has 9 heteroatoms. The van der Waals surface area contributed by atoms with Crippen molar-refractivity contribution in [3.05, 3.63) is 497 Å². The number of fused-ring (bicyclic) bond motifs is 32. The van der Waals surface area contributed by atoms with Gasteiger partial charge in [0.1, 0.15) is 0 Å². The molecule has 0 atom stereocenters. The monoisotopic (exact) mass is 1870 g/mol. The predicted molar refractivity (Wildman–Crippen MR) is 615 cm³/mol. The highest BCUT2D eigenvalue weighted by Crippen LogP contribution is 2.52. The molecule has 32 rings (SSSR count). The maximum absolute atomic E-state index is 2.49. The van der Waals surface area contributed by atoms with Crippen LogP contribution in [0.5, 0.6) is 0 Å². The highest BCUT2D eigenvalue weighted by atomic mass is 32.1. The highest BCUT2D eigenvalue weighted by molar-refractivity contribution is 7.27. The number of hydrogen-bond donors (Lipinski definition) is 0. The van der Waals surface area contributed by atoms with Gasteiger partial charge in [-0.15, -0.1) is 34.0 Å². The Labute approximate surface area is 832 Å². The molecule has 0 spiro atoms. The minimum absolute atomic E-state index is 1.16. The Kier molecular flexibility index (Phi) is 18.3. The van der Waals surface area contributed by atoms with E-state index in [1.54, 1.807) is 0 Å². The normalized spacial score (nSPS) is 12.1. The molecule has 0 saturated carbocycles. The first-order chi connectivity index (χ1) is 71.0. The summed E-state index contributed by atoms with van der Waals surface area (Å²) in [7, 11) is 0. The highest BCUT2D eigenvalue weighted by Gasteiger charge is 2.28. The standard InChI is InChI=1S/2C46H28N2S.C42H26N2S/c1-2-13-29(14-3-1)47-40-22-9-6-17-33(40)38-27-39-34-18-7-10-23-41(34)48(44(39)28-43(38)47)42-26-25-31(30-15-4-5-16-32(30)42)36-20-12-21-37-35-19-8-11-24-45(35)49-46(36)37;1-2-12-31(13-3-1)48-41-28-27-40-43(44(41)38-26-23-29-11-4-5-14-33(29)45(38)48)37-16-6-8-19-39(37)47(40)32-24-21-30(22-25-32)34-17-10-18-36-35-15-7-9-20-42(35)49-46(34)36;1-2-13-28(14-3-1)43-35-21-7-4-17-33(35)40-37(43)24-25-38-41(40)34-18-5-8-22-36(34)44(38)29-15-10-12-27(26-29)30-19-11-20-32-31-16-6-9-23-39(31)45-42(30)32/h2*1-28H;1-26H. The summed E-state index contributed by atoms with van der Waals surface area (Å²) in [6.45, 7) is 0. The lowest BCUT2D eigenvalue weighted by molar-refractivity contribution is 1.17. The van der Waals surface area contributed by atoms with Crippen LogP contribution < -0.4 is 0 Å². The van der Waals surface area contributed by atoms with Gasteiger partial charge < -0.3 is 27.4 Å². The topological polar surface area (TPSA) is 29.6 Å². The molecule has 0 N–H and O–H groups in total. The van der Waals surface area contributed by atoms with Crippen LogP contribution in [-0.2, 0) is 0 Å². The fourth-order valence-corrected chi connectivity index (χ4v) is 27.6. The van der Waals surface area contributed by atoms with Crippen LogP contribution in [0.2, 0.25) is 0 Å². The quantitative estimate of drug-likeness (QED) is 0.138. The molecule has 0 aliphatic heterocycles. The van der Waals surface area contributed by atoms with Gasteiger partial charge in [-0.1, -0.05) is 346 Å². The molecule has 0 aliphatic carbocycles. The Morgan fingerprint density at radius 1 is 0.140 bits per heavy atom. The third-order valence-electron chi connectivity index (χ3n) is 29.9. The maximum Gasteiger partial charge on any atom is 0.0619 e. The fraction of sp³-hybridized carbons (Fsp3) is 0. The van der Waals surface area contributed by atoms with E-state index in [0.717, 1.165) is 5.69 Å². The zero-order chi connectivity index (χ0) is 93.6. The Hall–Kier alpha value is -18.0. The third-order valence-corrected chi connectivity index (χ3v) is 33.6. The van der Waals surface area contributed by atoms with Gasteiger partial charge in [0, 0.05) is 170 Å². The van der Waals surface area contributed by atoms with Crippen LogP contribution in [0.15, 0.2) is 497 Å². The Morgan fingerprint density at radius 2 is 0.483 bits per heavy atom. The van der Waals surface area contributed by atoms with Crippen molar-refractivity contribution < 1.29 is 0 Å². The van der Waals surface area contributed by atoms with Crippen molar-refractivity contribution in [2.24, 2.45) is 0 Å². The van der Waals surface area contributed by atoms with Crippen molar-refractivity contribution >= 4 is 247 Å². The van der Waals surface area contributed by atoms with E-state index in [1.807, 2.05) is 34.0 Å². The van der Waals surface area contributed by atoms with Crippen molar-refractivity contribution in [3.8, 4) is 67.5 Å². The summed E-state index contributed by atoms with van der Waals surface area (Å²) < 4.78 is 22.7. The minimum Gasteiger partial charge on any atom is -0.309 e. The predicted octanol–water partition coefficient (Wildman–Crippen LogP) is 38.1. The van der Waals surface area contributed by atoms with Crippen molar-refractivity contribution in [2.75, 3.05) is 0 Å². The Bertz CT molecular complexity index is 10900. The number of hydrogen-bond acceptors (Lipinski definition) is 3.